The Labute approximate surface area is 102 Å². The normalized spacial score (nSPS) is 15.8. The molecule has 0 unspecified atom stereocenters. The number of aromatic nitrogens is 2. The zero-order valence-corrected chi connectivity index (χ0v) is 9.86. The fraction of sp³-hybridized carbons (Fsp3) is 0.0909. The van der Waals surface area contributed by atoms with Gasteiger partial charge >= 0.3 is 5.97 Å². The Morgan fingerprint density at radius 1 is 1.33 bits per heavy atom. The first kappa shape index (κ1) is 11.0. The minimum atomic E-state index is -3.50. The summed E-state index contributed by atoms with van der Waals surface area (Å²) in [6, 6.07) is 6.45. The summed E-state index contributed by atoms with van der Waals surface area (Å²) in [7, 11) is -3.50. The average molecular weight is 264 g/mol. The minimum absolute atomic E-state index is 0.164. The summed E-state index contributed by atoms with van der Waals surface area (Å²) in [5.41, 5.74) is 0.907. The van der Waals surface area contributed by atoms with Gasteiger partial charge in [-0.15, -0.1) is 0 Å². The van der Waals surface area contributed by atoms with Gasteiger partial charge < -0.3 is 5.11 Å². The Morgan fingerprint density at radius 3 is 2.78 bits per heavy atom. The number of hydrogen-bond acceptors (Lipinski definition) is 4. The largest absolute Gasteiger partial charge is 0.477 e. The predicted molar refractivity (Wildman–Crippen MR) is 61.9 cm³/mol. The molecule has 0 saturated heterocycles. The highest BCUT2D eigenvalue weighted by molar-refractivity contribution is 7.90. The van der Waals surface area contributed by atoms with Crippen LogP contribution in [0.1, 0.15) is 16.1 Å². The fourth-order valence-corrected chi connectivity index (χ4v) is 3.71. The zero-order valence-electron chi connectivity index (χ0n) is 9.04. The first-order valence-electron chi connectivity index (χ1n) is 5.13. The van der Waals surface area contributed by atoms with E-state index in [0.717, 1.165) is 0 Å². The van der Waals surface area contributed by atoms with Crippen LogP contribution < -0.4 is 0 Å². The lowest BCUT2D eigenvalue weighted by atomic mass is 10.1. The molecule has 1 aromatic heterocycles. The average Bonchev–Trinajstić information content (AvgIpc) is 2.72. The molecule has 18 heavy (non-hydrogen) atoms. The van der Waals surface area contributed by atoms with Gasteiger partial charge in [-0.3, -0.25) is 5.10 Å². The molecule has 0 atom stereocenters. The second-order valence-electron chi connectivity index (χ2n) is 3.99. The highest BCUT2D eigenvalue weighted by Gasteiger charge is 2.33. The molecular formula is C11H8N2O4S. The highest BCUT2D eigenvalue weighted by Crippen LogP contribution is 2.37. The molecule has 7 heteroatoms. The van der Waals surface area contributed by atoms with Gasteiger partial charge in [-0.05, 0) is 6.07 Å². The molecule has 2 heterocycles. The number of nitrogens with zero attached hydrogens (tertiary/aromatic N) is 1. The summed E-state index contributed by atoms with van der Waals surface area (Å²) >= 11 is 0. The van der Waals surface area contributed by atoms with Gasteiger partial charge in [-0.25, -0.2) is 13.2 Å². The molecule has 92 valence electrons. The molecule has 1 aliphatic rings. The maximum Gasteiger partial charge on any atom is 0.354 e. The Balaban J connectivity index is 2.38. The lowest BCUT2D eigenvalue weighted by Gasteiger charge is -2.15. The first-order chi connectivity index (χ1) is 8.50. The van der Waals surface area contributed by atoms with E-state index < -0.39 is 15.8 Å². The molecule has 0 radical (unpaired) electrons. The molecule has 2 N–H and O–H groups in total. The van der Waals surface area contributed by atoms with Crippen LogP contribution in [0.3, 0.4) is 0 Å². The van der Waals surface area contributed by atoms with Crippen molar-refractivity contribution in [2.24, 2.45) is 0 Å². The van der Waals surface area contributed by atoms with E-state index in [1.54, 1.807) is 18.2 Å². The number of aromatic amines is 1. The summed E-state index contributed by atoms with van der Waals surface area (Å²) in [4.78, 5) is 11.2. The molecule has 3 rings (SSSR count). The van der Waals surface area contributed by atoms with Crippen LogP contribution in [-0.2, 0) is 15.6 Å². The van der Waals surface area contributed by atoms with Crippen molar-refractivity contribution in [3.05, 3.63) is 35.5 Å². The number of fused-ring (bicyclic) bond motifs is 3. The number of hydrogen-bond donors (Lipinski definition) is 2. The predicted octanol–water partition coefficient (Wildman–Crippen LogP) is 1.06. The summed E-state index contributed by atoms with van der Waals surface area (Å²) < 4.78 is 24.1. The number of H-pyrrole nitrogens is 1. The number of aromatic carboxylic acids is 1. The quantitative estimate of drug-likeness (QED) is 0.802. The van der Waals surface area contributed by atoms with Crippen molar-refractivity contribution >= 4 is 15.8 Å². The maximum atomic E-state index is 12.1. The Kier molecular flexibility index (Phi) is 2.09. The fourth-order valence-electron chi connectivity index (χ4n) is 2.11. The third-order valence-electron chi connectivity index (χ3n) is 2.89. The lowest BCUT2D eigenvalue weighted by molar-refractivity contribution is 0.0689. The van der Waals surface area contributed by atoms with E-state index >= 15 is 0 Å². The monoisotopic (exact) mass is 264 g/mol. The van der Waals surface area contributed by atoms with Crippen LogP contribution in [0.4, 0.5) is 0 Å². The number of sulfone groups is 1. The van der Waals surface area contributed by atoms with E-state index in [1.807, 2.05) is 0 Å². The van der Waals surface area contributed by atoms with Crippen molar-refractivity contribution in [2.45, 2.75) is 10.6 Å². The summed E-state index contributed by atoms with van der Waals surface area (Å²) in [5.74, 6) is -1.55. The van der Waals surface area contributed by atoms with Crippen molar-refractivity contribution in [3.63, 3.8) is 0 Å². The molecule has 0 fully saturated rings. The summed E-state index contributed by atoms with van der Waals surface area (Å²) in [5, 5.41) is 15.3. The van der Waals surface area contributed by atoms with Crippen LogP contribution in [0.5, 0.6) is 0 Å². The van der Waals surface area contributed by atoms with Gasteiger partial charge in [0.15, 0.2) is 9.84 Å². The molecule has 1 aliphatic heterocycles. The van der Waals surface area contributed by atoms with E-state index in [4.69, 9.17) is 5.11 Å². The van der Waals surface area contributed by atoms with E-state index in [0.29, 0.717) is 11.3 Å². The maximum absolute atomic E-state index is 12.1. The SMILES string of the molecule is O=C(O)c1[nH]nc2c1CS(=O)(=O)c1ccccc1-2. The van der Waals surface area contributed by atoms with Gasteiger partial charge in [0.2, 0.25) is 0 Å². The van der Waals surface area contributed by atoms with Gasteiger partial charge in [0.25, 0.3) is 0 Å². The van der Waals surface area contributed by atoms with Crippen LogP contribution in [-0.4, -0.2) is 29.7 Å². The first-order valence-corrected chi connectivity index (χ1v) is 6.78. The molecular weight excluding hydrogens is 256 g/mol. The van der Waals surface area contributed by atoms with Gasteiger partial charge in [0.1, 0.15) is 5.69 Å². The number of carbonyl (C=O) groups is 1. The van der Waals surface area contributed by atoms with Crippen molar-refractivity contribution in [2.75, 3.05) is 0 Å². The molecule has 0 saturated carbocycles. The second-order valence-corrected chi connectivity index (χ2v) is 5.94. The van der Waals surface area contributed by atoms with Crippen molar-refractivity contribution in [3.8, 4) is 11.3 Å². The third kappa shape index (κ3) is 1.37. The van der Waals surface area contributed by atoms with E-state index in [-0.39, 0.29) is 21.9 Å². The molecule has 2 aromatic rings. The molecule has 6 nitrogen and oxygen atoms in total. The van der Waals surface area contributed by atoms with Gasteiger partial charge in [0, 0.05) is 11.1 Å². The van der Waals surface area contributed by atoms with Crippen LogP contribution in [0.15, 0.2) is 29.2 Å². The summed E-state index contributed by atoms with van der Waals surface area (Å²) in [6.45, 7) is 0. The number of rotatable bonds is 1. The lowest BCUT2D eigenvalue weighted by Crippen LogP contribution is -2.14. The van der Waals surface area contributed by atoms with E-state index in [9.17, 15) is 13.2 Å². The van der Waals surface area contributed by atoms with Gasteiger partial charge in [0.05, 0.1) is 16.3 Å². The summed E-state index contributed by atoms with van der Waals surface area (Å²) in [6.07, 6.45) is 0. The van der Waals surface area contributed by atoms with E-state index in [1.165, 1.54) is 6.07 Å². The van der Waals surface area contributed by atoms with E-state index in [2.05, 4.69) is 10.2 Å². The Morgan fingerprint density at radius 2 is 2.06 bits per heavy atom. The van der Waals surface area contributed by atoms with Crippen LogP contribution in [0.25, 0.3) is 11.3 Å². The molecule has 0 bridgehead atoms. The Bertz CT molecular complexity index is 761. The molecule has 1 aromatic carbocycles. The molecule has 0 spiro atoms. The minimum Gasteiger partial charge on any atom is -0.477 e. The number of carboxylic acid groups (broad SMARTS) is 1. The third-order valence-corrected chi connectivity index (χ3v) is 4.59. The second kappa shape index (κ2) is 3.42. The number of benzene rings is 1. The standard InChI is InChI=1S/C11H8N2O4S/c14-11(15)10-7-5-18(16,17)8-4-2-1-3-6(8)9(7)12-13-10/h1-4H,5H2,(H,12,13)(H,14,15). The zero-order chi connectivity index (χ0) is 12.9. The van der Waals surface area contributed by atoms with Gasteiger partial charge in [-0.2, -0.15) is 5.10 Å². The molecule has 0 aliphatic carbocycles. The molecule has 0 amide bonds. The number of nitrogens with one attached hydrogen (secondary N) is 1. The topological polar surface area (TPSA) is 100 Å². The van der Waals surface area contributed by atoms with Crippen molar-refractivity contribution in [1.29, 1.82) is 0 Å². The number of carboxylic acids is 1. The van der Waals surface area contributed by atoms with Crippen molar-refractivity contribution < 1.29 is 18.3 Å². The van der Waals surface area contributed by atoms with Crippen LogP contribution in [0, 0.1) is 0 Å². The van der Waals surface area contributed by atoms with Gasteiger partial charge in [-0.1, -0.05) is 18.2 Å². The van der Waals surface area contributed by atoms with Crippen LogP contribution in [0.2, 0.25) is 0 Å². The Hall–Kier alpha value is -2.15. The van der Waals surface area contributed by atoms with Crippen molar-refractivity contribution in [1.82, 2.24) is 10.2 Å². The smallest absolute Gasteiger partial charge is 0.354 e. The highest BCUT2D eigenvalue weighted by atomic mass is 32.2. The van der Waals surface area contributed by atoms with Crippen LogP contribution >= 0.6 is 0 Å².